The lowest BCUT2D eigenvalue weighted by Crippen LogP contribution is -1.98. The second-order valence-electron chi connectivity index (χ2n) is 3.83. The van der Waals surface area contributed by atoms with Crippen LogP contribution in [-0.4, -0.2) is 10.9 Å². The van der Waals surface area contributed by atoms with Crippen LogP contribution in [-0.2, 0) is 0 Å². The van der Waals surface area contributed by atoms with E-state index in [4.69, 9.17) is 5.21 Å². The van der Waals surface area contributed by atoms with Crippen molar-refractivity contribution in [2.75, 3.05) is 0 Å². The Morgan fingerprint density at radius 3 is 2.56 bits per heavy atom. The SMILES string of the molecule is CC1=C(c2ccc(F)c(F)c2)C(=NO)CC1. The Morgan fingerprint density at radius 2 is 1.94 bits per heavy atom. The second-order valence-corrected chi connectivity index (χ2v) is 3.83. The van der Waals surface area contributed by atoms with Crippen LogP contribution < -0.4 is 0 Å². The van der Waals surface area contributed by atoms with Gasteiger partial charge in [-0.15, -0.1) is 0 Å². The van der Waals surface area contributed by atoms with Gasteiger partial charge in [0, 0.05) is 5.57 Å². The highest BCUT2D eigenvalue weighted by atomic mass is 19.2. The fourth-order valence-corrected chi connectivity index (χ4v) is 1.97. The van der Waals surface area contributed by atoms with Gasteiger partial charge in [0.25, 0.3) is 0 Å². The van der Waals surface area contributed by atoms with E-state index in [1.165, 1.54) is 6.07 Å². The molecule has 0 aliphatic heterocycles. The van der Waals surface area contributed by atoms with Gasteiger partial charge >= 0.3 is 0 Å². The molecule has 0 saturated heterocycles. The minimum absolute atomic E-state index is 0.531. The molecule has 0 aromatic heterocycles. The van der Waals surface area contributed by atoms with Crippen molar-refractivity contribution in [1.29, 1.82) is 0 Å². The van der Waals surface area contributed by atoms with Crippen molar-refractivity contribution >= 4 is 11.3 Å². The summed E-state index contributed by atoms with van der Waals surface area (Å²) < 4.78 is 25.9. The van der Waals surface area contributed by atoms with Crippen LogP contribution in [0.2, 0.25) is 0 Å². The standard InChI is InChI=1S/C12H11F2NO/c1-7-2-5-11(15-16)12(7)8-3-4-9(13)10(14)6-8/h3-4,6,16H,2,5H2,1H3. The quantitative estimate of drug-likeness (QED) is 0.574. The van der Waals surface area contributed by atoms with Gasteiger partial charge in [-0.05, 0) is 37.5 Å². The zero-order chi connectivity index (χ0) is 11.7. The maximum absolute atomic E-state index is 13.1. The van der Waals surface area contributed by atoms with Crippen LogP contribution in [0.4, 0.5) is 8.78 Å². The van der Waals surface area contributed by atoms with Crippen molar-refractivity contribution in [3.8, 4) is 0 Å². The zero-order valence-electron chi connectivity index (χ0n) is 8.80. The molecular weight excluding hydrogens is 212 g/mol. The van der Waals surface area contributed by atoms with Crippen molar-refractivity contribution in [1.82, 2.24) is 0 Å². The number of allylic oxidation sites excluding steroid dienone is 2. The van der Waals surface area contributed by atoms with E-state index in [-0.39, 0.29) is 0 Å². The molecule has 0 bridgehead atoms. The third kappa shape index (κ3) is 1.71. The van der Waals surface area contributed by atoms with Crippen molar-refractivity contribution in [2.24, 2.45) is 5.16 Å². The first-order valence-electron chi connectivity index (χ1n) is 5.00. The highest BCUT2D eigenvalue weighted by molar-refractivity contribution is 6.26. The molecule has 16 heavy (non-hydrogen) atoms. The molecule has 1 aromatic rings. The minimum atomic E-state index is -0.887. The van der Waals surface area contributed by atoms with Crippen molar-refractivity contribution in [3.63, 3.8) is 0 Å². The highest BCUT2D eigenvalue weighted by Gasteiger charge is 2.21. The average Bonchev–Trinajstić information content (AvgIpc) is 2.64. The number of benzene rings is 1. The van der Waals surface area contributed by atoms with Crippen molar-refractivity contribution in [2.45, 2.75) is 19.8 Å². The summed E-state index contributed by atoms with van der Waals surface area (Å²) in [5.41, 5.74) is 2.84. The van der Waals surface area contributed by atoms with Crippen molar-refractivity contribution in [3.05, 3.63) is 41.0 Å². The Bertz CT molecular complexity index is 492. The van der Waals surface area contributed by atoms with E-state index in [0.29, 0.717) is 17.7 Å². The summed E-state index contributed by atoms with van der Waals surface area (Å²) >= 11 is 0. The zero-order valence-corrected chi connectivity index (χ0v) is 8.80. The lowest BCUT2D eigenvalue weighted by atomic mass is 10.0. The fraction of sp³-hybridized carbons (Fsp3) is 0.250. The minimum Gasteiger partial charge on any atom is -0.411 e. The summed E-state index contributed by atoms with van der Waals surface area (Å²) in [7, 11) is 0. The average molecular weight is 223 g/mol. The molecule has 0 atom stereocenters. The molecule has 0 saturated carbocycles. The Kier molecular flexibility index (Phi) is 2.73. The van der Waals surface area contributed by atoms with Gasteiger partial charge in [0.05, 0.1) is 5.71 Å². The lowest BCUT2D eigenvalue weighted by Gasteiger charge is -2.05. The number of hydrogen-bond acceptors (Lipinski definition) is 2. The van der Waals surface area contributed by atoms with Gasteiger partial charge in [-0.1, -0.05) is 16.8 Å². The van der Waals surface area contributed by atoms with Crippen LogP contribution in [0.1, 0.15) is 25.3 Å². The summed E-state index contributed by atoms with van der Waals surface area (Å²) in [6.07, 6.45) is 1.42. The van der Waals surface area contributed by atoms with Gasteiger partial charge in [-0.3, -0.25) is 0 Å². The van der Waals surface area contributed by atoms with Crippen LogP contribution >= 0.6 is 0 Å². The lowest BCUT2D eigenvalue weighted by molar-refractivity contribution is 0.319. The Balaban J connectivity index is 2.51. The van der Waals surface area contributed by atoms with Gasteiger partial charge < -0.3 is 5.21 Å². The molecule has 0 heterocycles. The van der Waals surface area contributed by atoms with Crippen molar-refractivity contribution < 1.29 is 14.0 Å². The smallest absolute Gasteiger partial charge is 0.159 e. The second kappa shape index (κ2) is 4.04. The molecule has 4 heteroatoms. The normalized spacial score (nSPS) is 18.6. The largest absolute Gasteiger partial charge is 0.411 e. The van der Waals surface area contributed by atoms with E-state index in [2.05, 4.69) is 5.16 Å². The van der Waals surface area contributed by atoms with Gasteiger partial charge in [0.15, 0.2) is 11.6 Å². The van der Waals surface area contributed by atoms with E-state index in [0.717, 1.165) is 29.7 Å². The fourth-order valence-electron chi connectivity index (χ4n) is 1.97. The van der Waals surface area contributed by atoms with Gasteiger partial charge in [-0.25, -0.2) is 8.78 Å². The maximum atomic E-state index is 13.1. The predicted octanol–water partition coefficient (Wildman–Crippen LogP) is 3.36. The van der Waals surface area contributed by atoms with E-state index in [1.54, 1.807) is 0 Å². The van der Waals surface area contributed by atoms with E-state index in [1.807, 2.05) is 6.92 Å². The summed E-state index contributed by atoms with van der Waals surface area (Å²) in [5.74, 6) is -1.76. The Morgan fingerprint density at radius 1 is 1.19 bits per heavy atom. The molecule has 1 aliphatic rings. The monoisotopic (exact) mass is 223 g/mol. The van der Waals surface area contributed by atoms with E-state index in [9.17, 15) is 8.78 Å². The molecule has 1 aromatic carbocycles. The highest BCUT2D eigenvalue weighted by Crippen LogP contribution is 2.32. The first-order valence-corrected chi connectivity index (χ1v) is 5.00. The molecule has 0 radical (unpaired) electrons. The molecular formula is C12H11F2NO. The number of nitrogens with zero attached hydrogens (tertiary/aromatic N) is 1. The molecule has 0 amide bonds. The van der Waals surface area contributed by atoms with Gasteiger partial charge in [-0.2, -0.15) is 0 Å². The Hall–Kier alpha value is -1.71. The number of halogens is 2. The summed E-state index contributed by atoms with van der Waals surface area (Å²) in [6.45, 7) is 1.90. The van der Waals surface area contributed by atoms with E-state index >= 15 is 0 Å². The van der Waals surface area contributed by atoms with Crippen LogP contribution in [0, 0.1) is 11.6 Å². The Labute approximate surface area is 91.9 Å². The summed E-state index contributed by atoms with van der Waals surface area (Å²) in [5, 5.41) is 12.0. The molecule has 0 spiro atoms. The molecule has 0 unspecified atom stereocenters. The first kappa shape index (κ1) is 10.8. The topological polar surface area (TPSA) is 32.6 Å². The van der Waals surface area contributed by atoms with Gasteiger partial charge in [0.2, 0.25) is 0 Å². The maximum Gasteiger partial charge on any atom is 0.159 e. The van der Waals surface area contributed by atoms with Crippen LogP contribution in [0.5, 0.6) is 0 Å². The number of rotatable bonds is 1. The number of oxime groups is 1. The van der Waals surface area contributed by atoms with Crippen LogP contribution in [0.25, 0.3) is 5.57 Å². The third-order valence-electron chi connectivity index (χ3n) is 2.78. The molecule has 2 nitrogen and oxygen atoms in total. The van der Waals surface area contributed by atoms with Gasteiger partial charge in [0.1, 0.15) is 0 Å². The van der Waals surface area contributed by atoms with Crippen LogP contribution in [0.3, 0.4) is 0 Å². The summed E-state index contributed by atoms with van der Waals surface area (Å²) in [6, 6.07) is 3.71. The third-order valence-corrected chi connectivity index (χ3v) is 2.78. The van der Waals surface area contributed by atoms with Crippen LogP contribution in [0.15, 0.2) is 28.9 Å². The molecule has 1 aliphatic carbocycles. The first-order chi connectivity index (χ1) is 7.63. The predicted molar refractivity (Wildman–Crippen MR) is 57.4 cm³/mol. The molecule has 2 rings (SSSR count). The summed E-state index contributed by atoms with van der Waals surface area (Å²) in [4.78, 5) is 0. The number of hydrogen-bond donors (Lipinski definition) is 1. The molecule has 1 N–H and O–H groups in total. The molecule has 0 fully saturated rings. The van der Waals surface area contributed by atoms with E-state index < -0.39 is 11.6 Å². The molecule has 84 valence electrons.